The molecular formula is C23H27FN4O10. The van der Waals surface area contributed by atoms with Crippen LogP contribution in [-0.4, -0.2) is 86.6 Å². The van der Waals surface area contributed by atoms with Gasteiger partial charge in [-0.15, -0.1) is 0 Å². The zero-order chi connectivity index (χ0) is 28.1. The lowest BCUT2D eigenvalue weighted by atomic mass is 10.1. The van der Waals surface area contributed by atoms with Crippen LogP contribution >= 0.6 is 0 Å². The third-order valence-electron chi connectivity index (χ3n) is 5.19. The van der Waals surface area contributed by atoms with Gasteiger partial charge in [-0.25, -0.2) is 14.0 Å². The van der Waals surface area contributed by atoms with E-state index in [-0.39, 0.29) is 16.8 Å². The Hall–Kier alpha value is -4.21. The van der Waals surface area contributed by atoms with E-state index in [4.69, 9.17) is 14.6 Å². The summed E-state index contributed by atoms with van der Waals surface area (Å²) < 4.78 is 27.5. The van der Waals surface area contributed by atoms with Gasteiger partial charge in [-0.1, -0.05) is 0 Å². The van der Waals surface area contributed by atoms with E-state index in [9.17, 15) is 34.2 Å². The average Bonchev–Trinajstić information content (AvgIpc) is 2.94. The maximum Gasteiger partial charge on any atom is 0.340 e. The summed E-state index contributed by atoms with van der Waals surface area (Å²) in [6.45, 7) is 5.87. The Morgan fingerprint density at radius 1 is 0.947 bits per heavy atom. The van der Waals surface area contributed by atoms with Gasteiger partial charge in [0.25, 0.3) is 11.4 Å². The predicted molar refractivity (Wildman–Crippen MR) is 131 cm³/mol. The number of nitrogens with one attached hydrogen (secondary N) is 1. The molecule has 2 aliphatic rings. The number of carboxylic acid groups (broad SMARTS) is 1. The maximum atomic E-state index is 13.0. The minimum Gasteiger partial charge on any atom is -0.478 e. The quantitative estimate of drug-likeness (QED) is 0.322. The summed E-state index contributed by atoms with van der Waals surface area (Å²) in [6.07, 6.45) is 0. The summed E-state index contributed by atoms with van der Waals surface area (Å²) in [5.74, 6) is -2.92. The number of benzene rings is 2. The van der Waals surface area contributed by atoms with Crippen molar-refractivity contribution < 1.29 is 43.1 Å². The molecular weight excluding hydrogens is 511 g/mol. The molecule has 2 aliphatic heterocycles. The molecule has 2 heterocycles. The second-order valence-corrected chi connectivity index (χ2v) is 7.64. The number of ether oxygens (including phenoxy) is 3. The van der Waals surface area contributed by atoms with Crippen LogP contribution in [0, 0.1) is 26.0 Å². The van der Waals surface area contributed by atoms with Crippen molar-refractivity contribution in [1.82, 2.24) is 5.32 Å². The summed E-state index contributed by atoms with van der Waals surface area (Å²) in [5.41, 5.74) is -0.391. The smallest absolute Gasteiger partial charge is 0.340 e. The summed E-state index contributed by atoms with van der Waals surface area (Å²) in [6, 6.07) is 6.49. The number of non-ortho nitro benzene ring substituents is 2. The maximum absolute atomic E-state index is 13.0. The minimum atomic E-state index is -1.09. The van der Waals surface area contributed by atoms with Gasteiger partial charge in [0.05, 0.1) is 66.3 Å². The second-order valence-electron chi connectivity index (χ2n) is 7.64. The van der Waals surface area contributed by atoms with E-state index < -0.39 is 33.3 Å². The molecule has 2 saturated heterocycles. The van der Waals surface area contributed by atoms with E-state index in [0.717, 1.165) is 45.5 Å². The first-order chi connectivity index (χ1) is 18.1. The number of hydrogen-bond donors (Lipinski definition) is 2. The number of carboxylic acids is 1. The van der Waals surface area contributed by atoms with Crippen molar-refractivity contribution in [3.63, 3.8) is 0 Å². The van der Waals surface area contributed by atoms with Crippen molar-refractivity contribution in [3.05, 3.63) is 73.6 Å². The number of morpholine rings is 2. The third kappa shape index (κ3) is 9.02. The van der Waals surface area contributed by atoms with Crippen molar-refractivity contribution in [3.8, 4) is 0 Å². The monoisotopic (exact) mass is 538 g/mol. The van der Waals surface area contributed by atoms with Crippen molar-refractivity contribution >= 4 is 29.0 Å². The molecule has 0 atom stereocenters. The summed E-state index contributed by atoms with van der Waals surface area (Å²) in [4.78, 5) is 43.5. The number of anilines is 1. The predicted octanol–water partition coefficient (Wildman–Crippen LogP) is 2.26. The highest BCUT2D eigenvalue weighted by atomic mass is 19.1. The number of hydrogen-bond acceptors (Lipinski definition) is 11. The first-order valence-electron chi connectivity index (χ1n) is 11.3. The van der Waals surface area contributed by atoms with Gasteiger partial charge >= 0.3 is 11.9 Å². The molecule has 2 fully saturated rings. The van der Waals surface area contributed by atoms with Crippen molar-refractivity contribution in [2.24, 2.45) is 0 Å². The molecule has 15 heteroatoms. The molecule has 2 aromatic carbocycles. The zero-order valence-corrected chi connectivity index (χ0v) is 20.5. The number of nitro benzene ring substituents is 2. The van der Waals surface area contributed by atoms with E-state index in [1.54, 1.807) is 4.90 Å². The van der Waals surface area contributed by atoms with E-state index in [0.29, 0.717) is 38.1 Å². The van der Waals surface area contributed by atoms with Crippen LogP contribution in [0.5, 0.6) is 0 Å². The van der Waals surface area contributed by atoms with Gasteiger partial charge in [-0.2, -0.15) is 0 Å². The Labute approximate surface area is 216 Å². The molecule has 0 amide bonds. The number of rotatable bonds is 5. The molecule has 0 aliphatic carbocycles. The number of halogens is 1. The van der Waals surface area contributed by atoms with E-state index >= 15 is 0 Å². The highest BCUT2D eigenvalue weighted by molar-refractivity contribution is 5.95. The number of carbonyl (C=O) groups excluding carboxylic acids is 1. The molecule has 0 unspecified atom stereocenters. The molecule has 0 bridgehead atoms. The molecule has 0 radical (unpaired) electrons. The van der Waals surface area contributed by atoms with Gasteiger partial charge in [0.1, 0.15) is 5.82 Å². The van der Waals surface area contributed by atoms with Gasteiger partial charge in [0.2, 0.25) is 0 Å². The molecule has 2 aromatic rings. The van der Waals surface area contributed by atoms with Crippen LogP contribution in [0.25, 0.3) is 0 Å². The number of aromatic carboxylic acids is 1. The van der Waals surface area contributed by atoms with Gasteiger partial charge < -0.3 is 29.5 Å². The normalized spacial score (nSPS) is 14.6. The SMILES string of the molecule is C1COCCN1.COC(=O)c1ccc([N+](=O)[O-])cc1F.O=C(O)c1ccc([N+](=O)[O-])cc1N1CCOCC1. The topological polar surface area (TPSA) is 184 Å². The highest BCUT2D eigenvalue weighted by Gasteiger charge is 2.21. The fraction of sp³-hybridized carbons (Fsp3) is 0.391. The number of esters is 1. The van der Waals surface area contributed by atoms with E-state index in [1.807, 2.05) is 0 Å². The zero-order valence-electron chi connectivity index (χ0n) is 20.5. The molecule has 0 spiro atoms. The van der Waals surface area contributed by atoms with Crippen LogP contribution in [0.1, 0.15) is 20.7 Å². The molecule has 206 valence electrons. The van der Waals surface area contributed by atoms with Crippen LogP contribution < -0.4 is 10.2 Å². The largest absolute Gasteiger partial charge is 0.478 e. The minimum absolute atomic E-state index is 0.0718. The Balaban J connectivity index is 0.000000224. The summed E-state index contributed by atoms with van der Waals surface area (Å²) in [5, 5.41) is 33.2. The molecule has 0 saturated carbocycles. The van der Waals surface area contributed by atoms with Crippen LogP contribution in [0.3, 0.4) is 0 Å². The Bertz CT molecular complexity index is 1130. The number of carbonyl (C=O) groups is 2. The third-order valence-corrected chi connectivity index (χ3v) is 5.19. The van der Waals surface area contributed by atoms with E-state index in [1.165, 1.54) is 18.2 Å². The van der Waals surface area contributed by atoms with Gasteiger partial charge in [-0.3, -0.25) is 20.2 Å². The first kappa shape index (κ1) is 30.0. The summed E-state index contributed by atoms with van der Waals surface area (Å²) >= 11 is 0. The van der Waals surface area contributed by atoms with Gasteiger partial charge in [0, 0.05) is 44.4 Å². The second kappa shape index (κ2) is 15.1. The highest BCUT2D eigenvalue weighted by Crippen LogP contribution is 2.27. The molecule has 4 rings (SSSR count). The van der Waals surface area contributed by atoms with Crippen molar-refractivity contribution in [2.75, 3.05) is 64.6 Å². The standard InChI is InChI=1S/C11H12N2O5.C8H6FNO4.C4H9NO/c14-11(15)9-2-1-8(13(16)17)7-10(9)12-3-5-18-6-4-12;1-14-8(11)6-3-2-5(10(12)13)4-7(6)9;1-3-6-4-2-5-1/h1-2,7H,3-6H2,(H,14,15);2-4H,1H3;5H,1-4H2. The fourth-order valence-corrected chi connectivity index (χ4v) is 3.29. The Morgan fingerprint density at radius 3 is 1.89 bits per heavy atom. The average molecular weight is 538 g/mol. The van der Waals surface area contributed by atoms with Gasteiger partial charge in [0.15, 0.2) is 0 Å². The number of methoxy groups -OCH3 is 1. The molecule has 0 aromatic heterocycles. The fourth-order valence-electron chi connectivity index (χ4n) is 3.29. The Kier molecular flexibility index (Phi) is 12.0. The van der Waals surface area contributed by atoms with Crippen molar-refractivity contribution in [2.45, 2.75) is 0 Å². The number of nitrogens with zero attached hydrogens (tertiary/aromatic N) is 3. The van der Waals surface area contributed by atoms with Crippen LogP contribution in [0.2, 0.25) is 0 Å². The van der Waals surface area contributed by atoms with E-state index in [2.05, 4.69) is 10.1 Å². The van der Waals surface area contributed by atoms with Crippen molar-refractivity contribution in [1.29, 1.82) is 0 Å². The Morgan fingerprint density at radius 2 is 1.47 bits per heavy atom. The molecule has 14 nitrogen and oxygen atoms in total. The van der Waals surface area contributed by atoms with Crippen LogP contribution in [-0.2, 0) is 14.2 Å². The summed E-state index contributed by atoms with van der Waals surface area (Å²) in [7, 11) is 1.10. The number of nitro groups is 2. The lowest BCUT2D eigenvalue weighted by Gasteiger charge is -2.29. The first-order valence-corrected chi connectivity index (χ1v) is 11.3. The molecule has 38 heavy (non-hydrogen) atoms. The lowest BCUT2D eigenvalue weighted by Crippen LogP contribution is -2.37. The van der Waals surface area contributed by atoms with Crippen LogP contribution in [0.15, 0.2) is 36.4 Å². The molecule has 2 N–H and O–H groups in total. The lowest BCUT2D eigenvalue weighted by molar-refractivity contribution is -0.385. The van der Waals surface area contributed by atoms with Crippen LogP contribution in [0.4, 0.5) is 21.5 Å². The van der Waals surface area contributed by atoms with Gasteiger partial charge in [-0.05, 0) is 12.1 Å².